The lowest BCUT2D eigenvalue weighted by Gasteiger charge is -2.48. The van der Waals surface area contributed by atoms with Gasteiger partial charge < -0.3 is 10.6 Å². The van der Waals surface area contributed by atoms with Gasteiger partial charge in [-0.3, -0.25) is 9.89 Å². The third-order valence-electron chi connectivity index (χ3n) is 4.67. The average Bonchev–Trinajstić information content (AvgIpc) is 2.86. The molecule has 3 N–H and O–H groups in total. The van der Waals surface area contributed by atoms with E-state index in [2.05, 4.69) is 25.8 Å². The highest BCUT2D eigenvalue weighted by Gasteiger charge is 2.41. The van der Waals surface area contributed by atoms with E-state index in [0.717, 1.165) is 25.2 Å². The van der Waals surface area contributed by atoms with Crippen LogP contribution in [-0.4, -0.2) is 39.2 Å². The molecule has 1 amide bonds. The van der Waals surface area contributed by atoms with Crippen molar-refractivity contribution in [3.05, 3.63) is 11.6 Å². The van der Waals surface area contributed by atoms with E-state index in [1.807, 2.05) is 20.8 Å². The van der Waals surface area contributed by atoms with Gasteiger partial charge in [0.15, 0.2) is 0 Å². The topological polar surface area (TPSA) is 82.7 Å². The summed E-state index contributed by atoms with van der Waals surface area (Å²) in [7, 11) is 0. The molecule has 2 aliphatic rings. The smallest absolute Gasteiger partial charge is 0.291 e. The summed E-state index contributed by atoms with van der Waals surface area (Å²) in [5, 5.41) is 13.6. The quantitative estimate of drug-likeness (QED) is 0.771. The Kier molecular flexibility index (Phi) is 3.51. The van der Waals surface area contributed by atoms with Gasteiger partial charge in [-0.1, -0.05) is 20.8 Å². The van der Waals surface area contributed by atoms with E-state index >= 15 is 0 Å². The van der Waals surface area contributed by atoms with Crippen LogP contribution in [0.2, 0.25) is 0 Å². The number of nitrogens with one attached hydrogen (secondary N) is 3. The van der Waals surface area contributed by atoms with Gasteiger partial charge in [0.2, 0.25) is 5.82 Å². The average molecular weight is 291 g/mol. The minimum absolute atomic E-state index is 0.129. The van der Waals surface area contributed by atoms with Gasteiger partial charge in [0.25, 0.3) is 5.91 Å². The summed E-state index contributed by atoms with van der Waals surface area (Å²) in [6.07, 6.45) is 5.76. The number of hydrogen-bond donors (Lipinski definition) is 3. The SMILES string of the molecule is CC(C)(C)c1nc(C(=O)NC2CCNC3(CCC3)C2)n[nH]1. The van der Waals surface area contributed by atoms with Crippen LogP contribution in [0.5, 0.6) is 0 Å². The van der Waals surface area contributed by atoms with Gasteiger partial charge in [-0.2, -0.15) is 0 Å². The van der Waals surface area contributed by atoms with Crippen molar-refractivity contribution in [2.75, 3.05) is 6.54 Å². The molecule has 1 unspecified atom stereocenters. The van der Waals surface area contributed by atoms with E-state index in [-0.39, 0.29) is 28.7 Å². The zero-order valence-corrected chi connectivity index (χ0v) is 13.1. The highest BCUT2D eigenvalue weighted by atomic mass is 16.2. The molecule has 0 bridgehead atoms. The summed E-state index contributed by atoms with van der Waals surface area (Å²) in [4.78, 5) is 16.6. The Hall–Kier alpha value is -1.43. The van der Waals surface area contributed by atoms with Gasteiger partial charge in [0.1, 0.15) is 5.82 Å². The number of carbonyl (C=O) groups excluding carboxylic acids is 1. The highest BCUT2D eigenvalue weighted by Crippen LogP contribution is 2.38. The molecular formula is C15H25N5O. The number of hydrogen-bond acceptors (Lipinski definition) is 4. The molecule has 1 aromatic heterocycles. The van der Waals surface area contributed by atoms with Crippen molar-refractivity contribution in [3.63, 3.8) is 0 Å². The maximum Gasteiger partial charge on any atom is 0.291 e. The number of amides is 1. The number of nitrogens with zero attached hydrogens (tertiary/aromatic N) is 2. The molecule has 6 heteroatoms. The number of aromatic nitrogens is 3. The van der Waals surface area contributed by atoms with E-state index in [1.165, 1.54) is 19.3 Å². The maximum atomic E-state index is 12.3. The first kappa shape index (κ1) is 14.5. The van der Waals surface area contributed by atoms with E-state index < -0.39 is 0 Å². The largest absolute Gasteiger partial charge is 0.346 e. The molecule has 6 nitrogen and oxygen atoms in total. The maximum absolute atomic E-state index is 12.3. The molecule has 1 aliphatic carbocycles. The standard InChI is InChI=1S/C15H25N5O/c1-14(2,3)13-18-11(19-20-13)12(21)17-10-5-8-16-15(9-10)6-4-7-15/h10,16H,4-9H2,1-3H3,(H,17,21)(H,18,19,20). The zero-order valence-electron chi connectivity index (χ0n) is 13.1. The minimum Gasteiger partial charge on any atom is -0.346 e. The molecule has 1 saturated carbocycles. The van der Waals surface area contributed by atoms with Gasteiger partial charge in [-0.05, 0) is 38.6 Å². The van der Waals surface area contributed by atoms with Crippen LogP contribution in [0.1, 0.15) is 69.3 Å². The van der Waals surface area contributed by atoms with Crippen LogP contribution >= 0.6 is 0 Å². The zero-order chi connectivity index (χ0) is 15.1. The van der Waals surface area contributed by atoms with Gasteiger partial charge in [0, 0.05) is 17.0 Å². The Morgan fingerprint density at radius 3 is 2.71 bits per heavy atom. The predicted octanol–water partition coefficient (Wildman–Crippen LogP) is 1.51. The van der Waals surface area contributed by atoms with Crippen molar-refractivity contribution in [3.8, 4) is 0 Å². The van der Waals surface area contributed by atoms with E-state index in [1.54, 1.807) is 0 Å². The van der Waals surface area contributed by atoms with E-state index in [4.69, 9.17) is 0 Å². The monoisotopic (exact) mass is 291 g/mol. The Bertz CT molecular complexity index is 526. The summed E-state index contributed by atoms with van der Waals surface area (Å²) in [6, 6.07) is 0.232. The molecule has 1 atom stereocenters. The normalized spacial score (nSPS) is 24.6. The molecule has 1 saturated heterocycles. The van der Waals surface area contributed by atoms with Crippen molar-refractivity contribution in [1.82, 2.24) is 25.8 Å². The van der Waals surface area contributed by atoms with Crippen molar-refractivity contribution < 1.29 is 4.79 Å². The third-order valence-corrected chi connectivity index (χ3v) is 4.67. The second-order valence-corrected chi connectivity index (χ2v) is 7.48. The first-order valence-electron chi connectivity index (χ1n) is 7.87. The lowest BCUT2D eigenvalue weighted by atomic mass is 9.70. The van der Waals surface area contributed by atoms with Gasteiger partial charge in [-0.25, -0.2) is 4.98 Å². The minimum atomic E-state index is -0.164. The Balaban J connectivity index is 1.62. The van der Waals surface area contributed by atoms with Gasteiger partial charge >= 0.3 is 0 Å². The predicted molar refractivity (Wildman–Crippen MR) is 80.2 cm³/mol. The fraction of sp³-hybridized carbons (Fsp3) is 0.800. The molecule has 1 aliphatic heterocycles. The van der Waals surface area contributed by atoms with Gasteiger partial charge in [0.05, 0.1) is 0 Å². The molecule has 2 heterocycles. The van der Waals surface area contributed by atoms with Crippen LogP contribution in [0.3, 0.4) is 0 Å². The second-order valence-electron chi connectivity index (χ2n) is 7.48. The molecule has 2 fully saturated rings. The Morgan fingerprint density at radius 1 is 1.38 bits per heavy atom. The lowest BCUT2D eigenvalue weighted by molar-refractivity contribution is 0.0844. The Labute approximate surface area is 125 Å². The molecule has 1 aromatic rings. The first-order valence-corrected chi connectivity index (χ1v) is 7.87. The van der Waals surface area contributed by atoms with Crippen molar-refractivity contribution in [1.29, 1.82) is 0 Å². The second kappa shape index (κ2) is 5.09. The van der Waals surface area contributed by atoms with Crippen LogP contribution < -0.4 is 10.6 Å². The van der Waals surface area contributed by atoms with Crippen LogP contribution in [-0.2, 0) is 5.41 Å². The highest BCUT2D eigenvalue weighted by molar-refractivity contribution is 5.90. The molecule has 116 valence electrons. The number of carbonyl (C=O) groups is 1. The van der Waals surface area contributed by atoms with Crippen LogP contribution in [0.15, 0.2) is 0 Å². The van der Waals surface area contributed by atoms with Crippen LogP contribution in [0.4, 0.5) is 0 Å². The summed E-state index contributed by atoms with van der Waals surface area (Å²) < 4.78 is 0. The fourth-order valence-corrected chi connectivity index (χ4v) is 3.21. The van der Waals surface area contributed by atoms with E-state index in [0.29, 0.717) is 0 Å². The number of aromatic amines is 1. The summed E-state index contributed by atoms with van der Waals surface area (Å²) in [6.45, 7) is 7.11. The van der Waals surface area contributed by atoms with Crippen LogP contribution in [0.25, 0.3) is 0 Å². The fourth-order valence-electron chi connectivity index (χ4n) is 3.21. The third kappa shape index (κ3) is 2.95. The van der Waals surface area contributed by atoms with Crippen LogP contribution in [0, 0.1) is 0 Å². The van der Waals surface area contributed by atoms with Crippen molar-refractivity contribution in [2.24, 2.45) is 0 Å². The molecule has 3 rings (SSSR count). The first-order chi connectivity index (χ1) is 9.88. The number of H-pyrrole nitrogens is 1. The molecule has 0 radical (unpaired) electrons. The van der Waals surface area contributed by atoms with E-state index in [9.17, 15) is 4.79 Å². The summed E-state index contributed by atoms with van der Waals surface area (Å²) >= 11 is 0. The lowest BCUT2D eigenvalue weighted by Crippen LogP contribution is -2.59. The molecule has 1 spiro atoms. The molecular weight excluding hydrogens is 266 g/mol. The molecule has 0 aromatic carbocycles. The van der Waals surface area contributed by atoms with Crippen molar-refractivity contribution in [2.45, 2.75) is 69.9 Å². The molecule has 21 heavy (non-hydrogen) atoms. The number of rotatable bonds is 2. The van der Waals surface area contributed by atoms with Gasteiger partial charge in [-0.15, -0.1) is 5.10 Å². The summed E-state index contributed by atoms with van der Waals surface area (Å²) in [5.41, 5.74) is 0.155. The number of piperidine rings is 1. The Morgan fingerprint density at radius 2 is 2.14 bits per heavy atom. The van der Waals surface area contributed by atoms with Crippen molar-refractivity contribution >= 4 is 5.91 Å². The summed E-state index contributed by atoms with van der Waals surface area (Å²) in [5.74, 6) is 0.831.